The van der Waals surface area contributed by atoms with Gasteiger partial charge in [-0.25, -0.2) is 8.10 Å². The van der Waals surface area contributed by atoms with Gasteiger partial charge in [0.25, 0.3) is 0 Å². The van der Waals surface area contributed by atoms with Crippen LogP contribution in [-0.2, 0) is 0 Å². The molecule has 1 N–H and O–H groups in total. The number of aromatic nitrogens is 2. The minimum Gasteiger partial charge on any atom is -0.348 e. The first-order valence-electron chi connectivity index (χ1n) is 4.68. The molecule has 2 rings (SSSR count). The van der Waals surface area contributed by atoms with Crippen molar-refractivity contribution >= 4 is 22.9 Å². The molecule has 0 radical (unpaired) electrons. The highest BCUT2D eigenvalue weighted by molar-refractivity contribution is 14.1. The van der Waals surface area contributed by atoms with E-state index in [0.29, 0.717) is 5.92 Å². The molecule has 0 saturated carbocycles. The van der Waals surface area contributed by atoms with E-state index in [1.807, 2.05) is 0 Å². The molecule has 0 spiro atoms. The van der Waals surface area contributed by atoms with Gasteiger partial charge in [0, 0.05) is 47.6 Å². The minimum absolute atomic E-state index is 0.678. The third-order valence-corrected chi connectivity index (χ3v) is 3.66. The summed E-state index contributed by atoms with van der Waals surface area (Å²) >= 11 is 2.40. The number of nitrogens with one attached hydrogen (secondary N) is 1. The first-order valence-corrected chi connectivity index (χ1v) is 5.64. The molecule has 0 unspecified atom stereocenters. The summed E-state index contributed by atoms with van der Waals surface area (Å²) in [5.74, 6) is 0.678. The third kappa shape index (κ3) is 2.04. The maximum absolute atomic E-state index is 4.39. The molecule has 1 aromatic heterocycles. The van der Waals surface area contributed by atoms with E-state index in [-0.39, 0.29) is 0 Å². The summed E-state index contributed by atoms with van der Waals surface area (Å²) in [5, 5.41) is 0. The summed E-state index contributed by atoms with van der Waals surface area (Å²) in [4.78, 5) is 7.54. The number of imidazole rings is 1. The van der Waals surface area contributed by atoms with Crippen molar-refractivity contribution in [2.24, 2.45) is 0 Å². The molecule has 0 atom stereocenters. The Morgan fingerprint density at radius 2 is 2.23 bits per heavy atom. The highest BCUT2D eigenvalue weighted by Crippen LogP contribution is 2.29. The van der Waals surface area contributed by atoms with Crippen molar-refractivity contribution in [3.63, 3.8) is 0 Å². The van der Waals surface area contributed by atoms with E-state index in [1.165, 1.54) is 37.3 Å². The number of piperidine rings is 1. The number of aryl methyl sites for hydroxylation is 1. The van der Waals surface area contributed by atoms with E-state index in [2.05, 4.69) is 42.9 Å². The van der Waals surface area contributed by atoms with Crippen LogP contribution in [0.3, 0.4) is 0 Å². The maximum Gasteiger partial charge on any atom is 0.0925 e. The van der Waals surface area contributed by atoms with Crippen LogP contribution in [0, 0.1) is 6.92 Å². The van der Waals surface area contributed by atoms with Gasteiger partial charge < -0.3 is 4.98 Å². The predicted octanol–water partition coefficient (Wildman–Crippen LogP) is 2.25. The summed E-state index contributed by atoms with van der Waals surface area (Å²) in [6.07, 6.45) is 4.30. The van der Waals surface area contributed by atoms with Gasteiger partial charge in [0.05, 0.1) is 12.0 Å². The van der Waals surface area contributed by atoms with E-state index >= 15 is 0 Å². The number of nitrogens with zero attached hydrogens (tertiary/aromatic N) is 2. The fourth-order valence-electron chi connectivity index (χ4n) is 1.90. The monoisotopic (exact) mass is 291 g/mol. The van der Waals surface area contributed by atoms with Crippen molar-refractivity contribution in [1.29, 1.82) is 0 Å². The molecule has 3 nitrogen and oxygen atoms in total. The first-order chi connectivity index (χ1) is 6.27. The summed E-state index contributed by atoms with van der Waals surface area (Å²) in [6.45, 7) is 4.49. The highest BCUT2D eigenvalue weighted by Gasteiger charge is 2.21. The lowest BCUT2D eigenvalue weighted by Crippen LogP contribution is -2.25. The summed E-state index contributed by atoms with van der Waals surface area (Å²) in [7, 11) is 0. The fourth-order valence-corrected chi connectivity index (χ4v) is 2.46. The van der Waals surface area contributed by atoms with E-state index in [4.69, 9.17) is 0 Å². The van der Waals surface area contributed by atoms with Gasteiger partial charge in [-0.05, 0) is 19.8 Å². The standard InChI is InChI=1S/C9H14IN3/c1-7-9(12-6-11-7)8-2-4-13(10)5-3-8/h6,8H,2-5H2,1H3,(H,11,12). The van der Waals surface area contributed by atoms with Gasteiger partial charge in [-0.3, -0.25) is 0 Å². The Bertz CT molecular complexity index is 276. The normalized spacial score (nSPS) is 20.8. The van der Waals surface area contributed by atoms with Gasteiger partial charge in [0.2, 0.25) is 0 Å². The third-order valence-electron chi connectivity index (χ3n) is 2.70. The molecule has 0 aliphatic carbocycles. The Hall–Kier alpha value is -0.100. The topological polar surface area (TPSA) is 31.9 Å². The Kier molecular flexibility index (Phi) is 2.88. The van der Waals surface area contributed by atoms with E-state index < -0.39 is 0 Å². The summed E-state index contributed by atoms with van der Waals surface area (Å²) in [5.41, 5.74) is 2.52. The van der Waals surface area contributed by atoms with Crippen molar-refractivity contribution < 1.29 is 0 Å². The number of halogens is 1. The van der Waals surface area contributed by atoms with Gasteiger partial charge in [-0.1, -0.05) is 0 Å². The molecule has 1 aromatic rings. The highest BCUT2D eigenvalue weighted by atomic mass is 127. The van der Waals surface area contributed by atoms with E-state index in [9.17, 15) is 0 Å². The SMILES string of the molecule is Cc1[nH]cnc1C1CCN(I)CC1. The lowest BCUT2D eigenvalue weighted by atomic mass is 9.94. The Balaban J connectivity index is 2.06. The molecular weight excluding hydrogens is 277 g/mol. The number of H-pyrrole nitrogens is 1. The zero-order valence-corrected chi connectivity index (χ0v) is 9.91. The minimum atomic E-state index is 0.678. The Morgan fingerprint density at radius 3 is 2.77 bits per heavy atom. The first kappa shape index (κ1) is 9.45. The molecule has 72 valence electrons. The largest absolute Gasteiger partial charge is 0.348 e. The van der Waals surface area contributed by atoms with Gasteiger partial charge in [0.1, 0.15) is 0 Å². The zero-order valence-electron chi connectivity index (χ0n) is 7.76. The van der Waals surface area contributed by atoms with Crippen LogP contribution in [-0.4, -0.2) is 26.2 Å². The molecule has 2 heterocycles. The number of hydrogen-bond acceptors (Lipinski definition) is 2. The van der Waals surface area contributed by atoms with Crippen LogP contribution in [0.5, 0.6) is 0 Å². The van der Waals surface area contributed by atoms with Crippen LogP contribution in [0.15, 0.2) is 6.33 Å². The Labute approximate surface area is 92.4 Å². The number of hydrogen-bond donors (Lipinski definition) is 1. The van der Waals surface area contributed by atoms with Crippen LogP contribution < -0.4 is 0 Å². The van der Waals surface area contributed by atoms with Crippen molar-refractivity contribution in [1.82, 2.24) is 13.1 Å². The molecule has 13 heavy (non-hydrogen) atoms. The number of rotatable bonds is 1. The smallest absolute Gasteiger partial charge is 0.0925 e. The van der Waals surface area contributed by atoms with Gasteiger partial charge >= 0.3 is 0 Å². The van der Waals surface area contributed by atoms with Crippen LogP contribution in [0.4, 0.5) is 0 Å². The van der Waals surface area contributed by atoms with Crippen LogP contribution in [0.25, 0.3) is 0 Å². The van der Waals surface area contributed by atoms with Crippen LogP contribution in [0.1, 0.15) is 30.1 Å². The van der Waals surface area contributed by atoms with Gasteiger partial charge in [0.15, 0.2) is 0 Å². The van der Waals surface area contributed by atoms with Crippen LogP contribution in [0.2, 0.25) is 0 Å². The average molecular weight is 291 g/mol. The predicted molar refractivity (Wildman–Crippen MR) is 60.9 cm³/mol. The summed E-state index contributed by atoms with van der Waals surface area (Å²) < 4.78 is 2.36. The molecule has 1 fully saturated rings. The summed E-state index contributed by atoms with van der Waals surface area (Å²) in [6, 6.07) is 0. The second kappa shape index (κ2) is 3.96. The van der Waals surface area contributed by atoms with Crippen molar-refractivity contribution in [3.05, 3.63) is 17.7 Å². The van der Waals surface area contributed by atoms with Crippen molar-refractivity contribution in [2.75, 3.05) is 13.1 Å². The second-order valence-corrected chi connectivity index (χ2v) is 4.96. The maximum atomic E-state index is 4.39. The molecule has 0 amide bonds. The molecule has 1 aliphatic heterocycles. The molecule has 4 heteroatoms. The lowest BCUT2D eigenvalue weighted by molar-refractivity contribution is 0.364. The Morgan fingerprint density at radius 1 is 1.54 bits per heavy atom. The van der Waals surface area contributed by atoms with Gasteiger partial charge in [-0.15, -0.1) is 0 Å². The van der Waals surface area contributed by atoms with E-state index in [0.717, 1.165) is 0 Å². The van der Waals surface area contributed by atoms with Crippen molar-refractivity contribution in [2.45, 2.75) is 25.7 Å². The van der Waals surface area contributed by atoms with Crippen LogP contribution >= 0.6 is 22.9 Å². The molecule has 1 aliphatic rings. The average Bonchev–Trinajstić information content (AvgIpc) is 2.53. The zero-order chi connectivity index (χ0) is 9.26. The molecule has 1 saturated heterocycles. The van der Waals surface area contributed by atoms with Gasteiger partial charge in [-0.2, -0.15) is 0 Å². The molecule has 0 bridgehead atoms. The van der Waals surface area contributed by atoms with E-state index in [1.54, 1.807) is 6.33 Å². The van der Waals surface area contributed by atoms with Crippen molar-refractivity contribution in [3.8, 4) is 0 Å². The fraction of sp³-hybridized carbons (Fsp3) is 0.667. The second-order valence-electron chi connectivity index (χ2n) is 3.60. The number of aromatic amines is 1. The lowest BCUT2D eigenvalue weighted by Gasteiger charge is -2.26. The quantitative estimate of drug-likeness (QED) is 0.635. The molecular formula is C9H14IN3. The molecule has 0 aromatic carbocycles.